The van der Waals surface area contributed by atoms with Crippen LogP contribution in [0.2, 0.25) is 10.0 Å². The molecule has 17 heavy (non-hydrogen) atoms. The van der Waals surface area contributed by atoms with Crippen LogP contribution in [0.3, 0.4) is 0 Å². The van der Waals surface area contributed by atoms with Crippen LogP contribution in [0.25, 0.3) is 22.7 Å². The molecule has 0 aliphatic rings. The third-order valence-corrected chi connectivity index (χ3v) is 3.02. The van der Waals surface area contributed by atoms with E-state index in [9.17, 15) is 0 Å². The number of fused-ring (bicyclic) bond motifs is 1. The maximum Gasteiger partial charge on any atom is 0.195 e. The van der Waals surface area contributed by atoms with Gasteiger partial charge in [0.25, 0.3) is 0 Å². The Morgan fingerprint density at radius 1 is 1.00 bits per heavy atom. The highest BCUT2D eigenvalue weighted by Gasteiger charge is 2.09. The average molecular weight is 265 g/mol. The van der Waals surface area contributed by atoms with Crippen molar-refractivity contribution in [3.05, 3.63) is 40.6 Å². The molecule has 1 aromatic carbocycles. The van der Waals surface area contributed by atoms with Crippen molar-refractivity contribution in [2.24, 2.45) is 0 Å². The van der Waals surface area contributed by atoms with Crippen LogP contribution in [0.15, 0.2) is 30.6 Å². The number of aromatic amines is 1. The number of hydrogen-bond donors (Lipinski definition) is 1. The SMILES string of the molecule is Clc1cc2nc(-c3ncccn3)[nH]c2cc1Cl. The highest BCUT2D eigenvalue weighted by atomic mass is 35.5. The van der Waals surface area contributed by atoms with E-state index >= 15 is 0 Å². The quantitative estimate of drug-likeness (QED) is 0.734. The van der Waals surface area contributed by atoms with Crippen LogP contribution in [0.1, 0.15) is 0 Å². The van der Waals surface area contributed by atoms with Gasteiger partial charge in [-0.25, -0.2) is 15.0 Å². The molecular weight excluding hydrogens is 259 g/mol. The normalized spacial score (nSPS) is 10.9. The molecule has 4 nitrogen and oxygen atoms in total. The second-order valence-electron chi connectivity index (χ2n) is 3.44. The van der Waals surface area contributed by atoms with Crippen LogP contribution in [0.5, 0.6) is 0 Å². The Bertz CT molecular complexity index is 640. The highest BCUT2D eigenvalue weighted by Crippen LogP contribution is 2.27. The molecule has 3 aromatic rings. The number of aromatic nitrogens is 4. The molecule has 6 heteroatoms. The molecule has 2 aromatic heterocycles. The summed E-state index contributed by atoms with van der Waals surface area (Å²) in [5.74, 6) is 1.13. The molecule has 2 heterocycles. The number of halogens is 2. The summed E-state index contributed by atoms with van der Waals surface area (Å²) < 4.78 is 0. The average Bonchev–Trinajstić information content (AvgIpc) is 2.74. The van der Waals surface area contributed by atoms with Crippen molar-refractivity contribution in [1.82, 2.24) is 19.9 Å². The van der Waals surface area contributed by atoms with Crippen LogP contribution < -0.4 is 0 Å². The predicted octanol–water partition coefficient (Wildman–Crippen LogP) is 3.33. The number of benzene rings is 1. The number of H-pyrrole nitrogens is 1. The van der Waals surface area contributed by atoms with Gasteiger partial charge < -0.3 is 4.98 Å². The molecule has 0 spiro atoms. The Hall–Kier alpha value is -1.65. The molecule has 0 saturated carbocycles. The second-order valence-corrected chi connectivity index (χ2v) is 4.26. The Labute approximate surface area is 107 Å². The predicted molar refractivity (Wildman–Crippen MR) is 67.1 cm³/mol. The summed E-state index contributed by atoms with van der Waals surface area (Å²) in [5, 5.41) is 0.967. The maximum absolute atomic E-state index is 5.93. The Morgan fingerprint density at radius 2 is 1.71 bits per heavy atom. The topological polar surface area (TPSA) is 54.5 Å². The summed E-state index contributed by atoms with van der Waals surface area (Å²) in [7, 11) is 0. The molecule has 0 amide bonds. The molecule has 0 saturated heterocycles. The van der Waals surface area contributed by atoms with E-state index in [4.69, 9.17) is 23.2 Å². The zero-order valence-corrected chi connectivity index (χ0v) is 10.00. The van der Waals surface area contributed by atoms with Gasteiger partial charge in [-0.3, -0.25) is 0 Å². The van der Waals surface area contributed by atoms with E-state index in [1.807, 2.05) is 0 Å². The van der Waals surface area contributed by atoms with Gasteiger partial charge in [-0.05, 0) is 18.2 Å². The summed E-state index contributed by atoms with van der Waals surface area (Å²) in [5.41, 5.74) is 1.55. The third kappa shape index (κ3) is 1.85. The van der Waals surface area contributed by atoms with E-state index in [-0.39, 0.29) is 0 Å². The van der Waals surface area contributed by atoms with Gasteiger partial charge in [0.15, 0.2) is 11.6 Å². The van der Waals surface area contributed by atoms with Crippen molar-refractivity contribution in [3.63, 3.8) is 0 Å². The molecule has 0 aliphatic carbocycles. The number of nitrogens with one attached hydrogen (secondary N) is 1. The first-order valence-corrected chi connectivity index (χ1v) is 5.62. The van der Waals surface area contributed by atoms with E-state index in [1.54, 1.807) is 30.6 Å². The number of nitrogens with zero attached hydrogens (tertiary/aromatic N) is 3. The van der Waals surface area contributed by atoms with Gasteiger partial charge in [-0.1, -0.05) is 23.2 Å². The van der Waals surface area contributed by atoms with Crippen molar-refractivity contribution in [3.8, 4) is 11.6 Å². The fourth-order valence-electron chi connectivity index (χ4n) is 1.53. The maximum atomic E-state index is 5.93. The molecule has 3 rings (SSSR count). The lowest BCUT2D eigenvalue weighted by Gasteiger charge is -1.93. The van der Waals surface area contributed by atoms with E-state index in [1.165, 1.54) is 0 Å². The fraction of sp³-hybridized carbons (Fsp3) is 0. The summed E-state index contributed by atoms with van der Waals surface area (Å²) in [6, 6.07) is 5.20. The van der Waals surface area contributed by atoms with Crippen LogP contribution >= 0.6 is 23.2 Å². The largest absolute Gasteiger partial charge is 0.335 e. The molecule has 1 N–H and O–H groups in total. The molecule has 0 aliphatic heterocycles. The lowest BCUT2D eigenvalue weighted by molar-refractivity contribution is 1.13. The van der Waals surface area contributed by atoms with Crippen molar-refractivity contribution in [1.29, 1.82) is 0 Å². The summed E-state index contributed by atoms with van der Waals surface area (Å²) in [6.45, 7) is 0. The van der Waals surface area contributed by atoms with Crippen molar-refractivity contribution < 1.29 is 0 Å². The van der Waals surface area contributed by atoms with Gasteiger partial charge in [0, 0.05) is 12.4 Å². The Kier molecular flexibility index (Phi) is 2.46. The van der Waals surface area contributed by atoms with Crippen LogP contribution in [-0.4, -0.2) is 19.9 Å². The van der Waals surface area contributed by atoms with Gasteiger partial charge in [-0.2, -0.15) is 0 Å². The van der Waals surface area contributed by atoms with Crippen LogP contribution in [0.4, 0.5) is 0 Å². The Balaban J connectivity index is 2.21. The van der Waals surface area contributed by atoms with E-state index in [2.05, 4.69) is 19.9 Å². The van der Waals surface area contributed by atoms with Gasteiger partial charge in [0.2, 0.25) is 0 Å². The smallest absolute Gasteiger partial charge is 0.195 e. The Morgan fingerprint density at radius 3 is 2.47 bits per heavy atom. The number of rotatable bonds is 1. The van der Waals surface area contributed by atoms with Gasteiger partial charge in [-0.15, -0.1) is 0 Å². The molecule has 0 radical (unpaired) electrons. The van der Waals surface area contributed by atoms with Crippen LogP contribution in [-0.2, 0) is 0 Å². The number of imidazole rings is 1. The number of hydrogen-bond acceptors (Lipinski definition) is 3. The molecule has 0 atom stereocenters. The fourth-order valence-corrected chi connectivity index (χ4v) is 1.85. The third-order valence-electron chi connectivity index (χ3n) is 2.30. The van der Waals surface area contributed by atoms with E-state index in [0.717, 1.165) is 11.0 Å². The van der Waals surface area contributed by atoms with Crippen LogP contribution in [0, 0.1) is 0 Å². The van der Waals surface area contributed by atoms with Crippen molar-refractivity contribution in [2.45, 2.75) is 0 Å². The molecular formula is C11H6Cl2N4. The summed E-state index contributed by atoms with van der Waals surface area (Å²) in [6.07, 6.45) is 3.32. The minimum absolute atomic E-state index is 0.478. The van der Waals surface area contributed by atoms with E-state index in [0.29, 0.717) is 21.7 Å². The zero-order chi connectivity index (χ0) is 11.8. The van der Waals surface area contributed by atoms with Gasteiger partial charge >= 0.3 is 0 Å². The molecule has 0 bridgehead atoms. The van der Waals surface area contributed by atoms with Crippen molar-refractivity contribution >= 4 is 34.2 Å². The first-order chi connectivity index (χ1) is 8.24. The summed E-state index contributed by atoms with van der Waals surface area (Å²) in [4.78, 5) is 15.7. The first kappa shape index (κ1) is 10.5. The highest BCUT2D eigenvalue weighted by molar-refractivity contribution is 6.42. The van der Waals surface area contributed by atoms with Gasteiger partial charge in [0.1, 0.15) is 0 Å². The minimum atomic E-state index is 0.478. The second kappa shape index (κ2) is 3.98. The van der Waals surface area contributed by atoms with Crippen molar-refractivity contribution in [2.75, 3.05) is 0 Å². The molecule has 84 valence electrons. The monoisotopic (exact) mass is 264 g/mol. The minimum Gasteiger partial charge on any atom is -0.335 e. The van der Waals surface area contributed by atoms with Gasteiger partial charge in [0.05, 0.1) is 21.1 Å². The molecule has 0 fully saturated rings. The lowest BCUT2D eigenvalue weighted by Crippen LogP contribution is -1.87. The lowest BCUT2D eigenvalue weighted by atomic mass is 10.3. The standard InChI is InChI=1S/C11H6Cl2N4/c12-6-4-8-9(5-7(6)13)17-11(16-8)10-14-2-1-3-15-10/h1-5H,(H,16,17). The molecule has 0 unspecified atom stereocenters. The zero-order valence-electron chi connectivity index (χ0n) is 8.48. The summed E-state index contributed by atoms with van der Waals surface area (Å²) >= 11 is 11.9. The first-order valence-electron chi connectivity index (χ1n) is 4.86. The van der Waals surface area contributed by atoms with E-state index < -0.39 is 0 Å².